The summed E-state index contributed by atoms with van der Waals surface area (Å²) >= 11 is 0. The number of benzene rings is 8. The summed E-state index contributed by atoms with van der Waals surface area (Å²) in [5.41, 5.74) is 9.03. The standard InChI is InChI=1S/C52H38O/c1-51-28-9-10-29-52(51,2)53-42-27-24-34(30-41(42)51)35-25-26-40-46-36(35)20-13-23-39(46)49-44(32-14-5-3-6-15-32)47-37-21-11-18-31-19-12-22-38(43(31)37)48(47)45(50(40)49)33-16-7-4-8-17-33/h3-8,11-27,30H,9-10,28-29H2,1-2H3. The molecule has 1 nitrogen and oxygen atoms in total. The summed E-state index contributed by atoms with van der Waals surface area (Å²) in [6.07, 6.45) is 4.78. The smallest absolute Gasteiger partial charge is 0.124 e. The second-order valence-corrected chi connectivity index (χ2v) is 16.2. The third-order valence-corrected chi connectivity index (χ3v) is 13.6. The normalized spacial score (nSPS) is 19.9. The zero-order valence-corrected chi connectivity index (χ0v) is 30.1. The molecule has 0 amide bonds. The minimum Gasteiger partial charge on any atom is -0.486 e. The van der Waals surface area contributed by atoms with Gasteiger partial charge in [0, 0.05) is 11.0 Å². The Balaban J connectivity index is 1.26. The number of rotatable bonds is 3. The number of ether oxygens (including phenoxy) is 1. The van der Waals surface area contributed by atoms with Crippen LogP contribution in [0.5, 0.6) is 5.75 Å². The summed E-state index contributed by atoms with van der Waals surface area (Å²) in [5.74, 6) is 1.07. The molecule has 2 aliphatic rings. The summed E-state index contributed by atoms with van der Waals surface area (Å²) in [6, 6.07) is 54.8. The molecular weight excluding hydrogens is 641 g/mol. The van der Waals surface area contributed by atoms with E-state index in [2.05, 4.69) is 159 Å². The Kier molecular flexibility index (Phi) is 5.79. The van der Waals surface area contributed by atoms with Gasteiger partial charge in [0.15, 0.2) is 0 Å². The maximum absolute atomic E-state index is 6.76. The minimum atomic E-state index is -0.138. The molecule has 1 heteroatoms. The van der Waals surface area contributed by atoms with Gasteiger partial charge in [-0.25, -0.2) is 0 Å². The highest BCUT2D eigenvalue weighted by atomic mass is 16.5. The lowest BCUT2D eigenvalue weighted by Crippen LogP contribution is -2.49. The maximum atomic E-state index is 6.76. The molecule has 1 heterocycles. The molecule has 2 atom stereocenters. The zero-order valence-electron chi connectivity index (χ0n) is 30.1. The Morgan fingerprint density at radius 2 is 0.981 bits per heavy atom. The van der Waals surface area contributed by atoms with E-state index in [1.54, 1.807) is 0 Å². The third kappa shape index (κ3) is 3.72. The van der Waals surface area contributed by atoms with Gasteiger partial charge < -0.3 is 4.74 Å². The van der Waals surface area contributed by atoms with Crippen LogP contribution in [0.4, 0.5) is 0 Å². The highest BCUT2D eigenvalue weighted by Crippen LogP contribution is 2.58. The number of hydrogen-bond donors (Lipinski definition) is 0. The zero-order chi connectivity index (χ0) is 35.1. The summed E-state index contributed by atoms with van der Waals surface area (Å²) in [6.45, 7) is 4.78. The van der Waals surface area contributed by atoms with Gasteiger partial charge in [0.2, 0.25) is 0 Å². The van der Waals surface area contributed by atoms with Gasteiger partial charge in [0.05, 0.1) is 0 Å². The first-order valence-corrected chi connectivity index (χ1v) is 19.3. The first-order valence-electron chi connectivity index (χ1n) is 19.3. The van der Waals surface area contributed by atoms with Crippen molar-refractivity contribution in [1.82, 2.24) is 0 Å². The van der Waals surface area contributed by atoms with Crippen LogP contribution in [0.3, 0.4) is 0 Å². The molecule has 2 unspecified atom stereocenters. The molecule has 10 aromatic rings. The second-order valence-electron chi connectivity index (χ2n) is 16.2. The molecule has 1 fully saturated rings. The van der Waals surface area contributed by atoms with Gasteiger partial charge >= 0.3 is 0 Å². The van der Waals surface area contributed by atoms with Crippen LogP contribution in [0.2, 0.25) is 0 Å². The largest absolute Gasteiger partial charge is 0.486 e. The molecule has 0 saturated heterocycles. The van der Waals surface area contributed by atoms with E-state index < -0.39 is 0 Å². The summed E-state index contributed by atoms with van der Waals surface area (Å²) in [5, 5.41) is 16.1. The van der Waals surface area contributed by atoms with E-state index in [9.17, 15) is 0 Å². The molecule has 0 spiro atoms. The van der Waals surface area contributed by atoms with Crippen molar-refractivity contribution in [3.05, 3.63) is 151 Å². The summed E-state index contributed by atoms with van der Waals surface area (Å²) < 4.78 is 6.76. The van der Waals surface area contributed by atoms with Crippen LogP contribution in [0.25, 0.3) is 98.0 Å². The first kappa shape index (κ1) is 29.6. The van der Waals surface area contributed by atoms with Crippen LogP contribution in [0.1, 0.15) is 45.1 Å². The molecule has 1 aliphatic carbocycles. The molecular formula is C52H38O. The monoisotopic (exact) mass is 678 g/mol. The van der Waals surface area contributed by atoms with Gasteiger partial charge in [-0.1, -0.05) is 147 Å². The van der Waals surface area contributed by atoms with Crippen molar-refractivity contribution in [2.24, 2.45) is 0 Å². The molecule has 0 aromatic heterocycles. The van der Waals surface area contributed by atoms with Crippen molar-refractivity contribution in [2.45, 2.75) is 50.5 Å². The van der Waals surface area contributed by atoms with Gasteiger partial charge in [-0.15, -0.1) is 0 Å². The lowest BCUT2D eigenvalue weighted by molar-refractivity contribution is 0.00740. The fourth-order valence-electron chi connectivity index (χ4n) is 11.0. The second kappa shape index (κ2) is 10.4. The lowest BCUT2D eigenvalue weighted by Gasteiger charge is -2.43. The number of hydrogen-bond acceptors (Lipinski definition) is 1. The predicted molar refractivity (Wildman–Crippen MR) is 225 cm³/mol. The lowest BCUT2D eigenvalue weighted by atomic mass is 9.63. The van der Waals surface area contributed by atoms with Crippen molar-refractivity contribution in [3.8, 4) is 39.1 Å². The topological polar surface area (TPSA) is 9.23 Å². The molecule has 10 aromatic carbocycles. The van der Waals surface area contributed by atoms with Gasteiger partial charge in [-0.2, -0.15) is 0 Å². The van der Waals surface area contributed by atoms with Crippen LogP contribution >= 0.6 is 0 Å². The van der Waals surface area contributed by atoms with Crippen LogP contribution in [0.15, 0.2) is 146 Å². The summed E-state index contributed by atoms with van der Waals surface area (Å²) in [7, 11) is 0. The average Bonchev–Trinajstić information content (AvgIpc) is 3.80. The quantitative estimate of drug-likeness (QED) is 0.181. The fourth-order valence-corrected chi connectivity index (χ4v) is 11.0. The molecule has 1 saturated carbocycles. The molecule has 0 N–H and O–H groups in total. The molecule has 53 heavy (non-hydrogen) atoms. The van der Waals surface area contributed by atoms with Gasteiger partial charge in [0.1, 0.15) is 11.4 Å². The Morgan fingerprint density at radius 3 is 1.62 bits per heavy atom. The van der Waals surface area contributed by atoms with Gasteiger partial charge in [-0.05, 0) is 136 Å². The molecule has 0 bridgehead atoms. The van der Waals surface area contributed by atoms with E-state index >= 15 is 0 Å². The fraction of sp³-hybridized carbons (Fsp3) is 0.154. The molecule has 1 aliphatic heterocycles. The van der Waals surface area contributed by atoms with E-state index in [0.717, 1.165) is 12.2 Å². The van der Waals surface area contributed by atoms with Crippen molar-refractivity contribution >= 4 is 64.6 Å². The SMILES string of the molecule is CC12CCCCC1(C)c1cc(-c3ccc4c5c(-c6ccccc6)c6c7cccc8cccc(c6c(-c6ccccc6)c5c5cccc3c54)c87)ccc1O2. The Morgan fingerprint density at radius 1 is 0.434 bits per heavy atom. The predicted octanol–water partition coefficient (Wildman–Crippen LogP) is 14.5. The Hall–Kier alpha value is -5.92. The first-order chi connectivity index (χ1) is 26.0. The van der Waals surface area contributed by atoms with Crippen molar-refractivity contribution in [3.63, 3.8) is 0 Å². The maximum Gasteiger partial charge on any atom is 0.124 e. The van der Waals surface area contributed by atoms with Crippen LogP contribution in [-0.2, 0) is 5.41 Å². The van der Waals surface area contributed by atoms with Crippen LogP contribution in [-0.4, -0.2) is 5.60 Å². The highest BCUT2D eigenvalue weighted by molar-refractivity contribution is 6.46. The molecule has 12 rings (SSSR count). The molecule has 252 valence electrons. The van der Waals surface area contributed by atoms with E-state index in [4.69, 9.17) is 4.74 Å². The van der Waals surface area contributed by atoms with Crippen molar-refractivity contribution in [2.75, 3.05) is 0 Å². The van der Waals surface area contributed by atoms with E-state index in [1.165, 1.54) is 123 Å². The van der Waals surface area contributed by atoms with Crippen molar-refractivity contribution in [1.29, 1.82) is 0 Å². The van der Waals surface area contributed by atoms with Gasteiger partial charge in [-0.3, -0.25) is 0 Å². The van der Waals surface area contributed by atoms with Crippen LogP contribution < -0.4 is 4.74 Å². The summed E-state index contributed by atoms with van der Waals surface area (Å²) in [4.78, 5) is 0. The third-order valence-electron chi connectivity index (χ3n) is 13.6. The van der Waals surface area contributed by atoms with Crippen molar-refractivity contribution < 1.29 is 4.74 Å². The minimum absolute atomic E-state index is 0.0244. The Bertz CT molecular complexity index is 2980. The molecule has 0 radical (unpaired) electrons. The highest BCUT2D eigenvalue weighted by Gasteiger charge is 2.55. The Labute approximate surface area is 309 Å². The van der Waals surface area contributed by atoms with E-state index in [1.807, 2.05) is 0 Å². The van der Waals surface area contributed by atoms with Gasteiger partial charge in [0.25, 0.3) is 0 Å². The number of fused-ring (bicyclic) bond motifs is 9. The van der Waals surface area contributed by atoms with E-state index in [-0.39, 0.29) is 11.0 Å². The average molecular weight is 679 g/mol. The van der Waals surface area contributed by atoms with E-state index in [0.29, 0.717) is 0 Å². The van der Waals surface area contributed by atoms with Crippen LogP contribution in [0, 0.1) is 0 Å².